The van der Waals surface area contributed by atoms with Crippen molar-refractivity contribution in [2.75, 3.05) is 26.3 Å². The van der Waals surface area contributed by atoms with E-state index < -0.39 is 0 Å². The van der Waals surface area contributed by atoms with Gasteiger partial charge in [0.1, 0.15) is 13.2 Å². The molecule has 0 saturated carbocycles. The molecule has 1 saturated heterocycles. The number of aromatic nitrogens is 2. The Balaban J connectivity index is 1.32. The van der Waals surface area contributed by atoms with Crippen LogP contribution in [0.5, 0.6) is 11.5 Å². The Morgan fingerprint density at radius 3 is 2.44 bits per heavy atom. The number of piperidine rings is 1. The molecule has 7 nitrogen and oxygen atoms in total. The van der Waals surface area contributed by atoms with Crippen LogP contribution in [0.15, 0.2) is 59.4 Å². The zero-order valence-corrected chi connectivity index (χ0v) is 18.0. The van der Waals surface area contributed by atoms with Gasteiger partial charge in [-0.05, 0) is 43.5 Å². The fourth-order valence-corrected chi connectivity index (χ4v) is 4.37. The maximum absolute atomic E-state index is 13.0. The van der Waals surface area contributed by atoms with E-state index in [-0.39, 0.29) is 17.5 Å². The van der Waals surface area contributed by atoms with E-state index in [4.69, 9.17) is 14.6 Å². The van der Waals surface area contributed by atoms with E-state index in [0.717, 1.165) is 16.8 Å². The molecule has 32 heavy (non-hydrogen) atoms. The molecule has 3 heterocycles. The first kappa shape index (κ1) is 20.3. The molecule has 0 N–H and O–H groups in total. The number of hydrogen-bond donors (Lipinski definition) is 0. The van der Waals surface area contributed by atoms with Crippen molar-refractivity contribution in [3.63, 3.8) is 0 Å². The second-order valence-corrected chi connectivity index (χ2v) is 8.21. The lowest BCUT2D eigenvalue weighted by molar-refractivity contribution is 0.0687. The largest absolute Gasteiger partial charge is 0.486 e. The summed E-state index contributed by atoms with van der Waals surface area (Å²) >= 11 is 0. The average molecular weight is 431 g/mol. The third-order valence-corrected chi connectivity index (χ3v) is 6.08. The minimum atomic E-state index is -0.0983. The molecule has 1 fully saturated rings. The number of carbonyl (C=O) groups excluding carboxylic acids is 1. The van der Waals surface area contributed by atoms with Gasteiger partial charge in [-0.15, -0.1) is 0 Å². The van der Waals surface area contributed by atoms with Crippen molar-refractivity contribution in [3.8, 4) is 22.8 Å². The van der Waals surface area contributed by atoms with Crippen LogP contribution in [0, 0.1) is 6.92 Å². The second-order valence-electron chi connectivity index (χ2n) is 8.21. The summed E-state index contributed by atoms with van der Waals surface area (Å²) in [6.45, 7) is 4.06. The van der Waals surface area contributed by atoms with Crippen molar-refractivity contribution < 1.29 is 14.3 Å². The molecule has 0 bridgehead atoms. The van der Waals surface area contributed by atoms with Crippen LogP contribution in [0.2, 0.25) is 0 Å². The van der Waals surface area contributed by atoms with E-state index in [9.17, 15) is 9.59 Å². The Morgan fingerprint density at radius 1 is 0.969 bits per heavy atom. The van der Waals surface area contributed by atoms with Gasteiger partial charge < -0.3 is 14.4 Å². The Kier molecular flexibility index (Phi) is 5.39. The summed E-state index contributed by atoms with van der Waals surface area (Å²) in [4.78, 5) is 27.5. The predicted molar refractivity (Wildman–Crippen MR) is 120 cm³/mol. The van der Waals surface area contributed by atoms with E-state index in [0.29, 0.717) is 56.2 Å². The average Bonchev–Trinajstić information content (AvgIpc) is 2.84. The molecule has 3 aromatic rings. The molecular formula is C25H25N3O4. The number of nitrogens with zero attached hydrogens (tertiary/aromatic N) is 3. The highest BCUT2D eigenvalue weighted by atomic mass is 16.6. The monoisotopic (exact) mass is 431 g/mol. The van der Waals surface area contributed by atoms with E-state index in [1.807, 2.05) is 42.2 Å². The van der Waals surface area contributed by atoms with Gasteiger partial charge in [-0.25, -0.2) is 4.68 Å². The zero-order valence-electron chi connectivity index (χ0n) is 18.0. The highest BCUT2D eigenvalue weighted by Crippen LogP contribution is 2.32. The van der Waals surface area contributed by atoms with Crippen molar-refractivity contribution >= 4 is 5.91 Å². The van der Waals surface area contributed by atoms with Gasteiger partial charge in [-0.2, -0.15) is 5.10 Å². The summed E-state index contributed by atoms with van der Waals surface area (Å²) in [6, 6.07) is 16.8. The summed E-state index contributed by atoms with van der Waals surface area (Å²) in [6.07, 6.45) is 1.36. The van der Waals surface area contributed by atoms with Crippen molar-refractivity contribution in [3.05, 3.63) is 76.1 Å². The van der Waals surface area contributed by atoms with Crippen molar-refractivity contribution in [2.24, 2.45) is 0 Å². The maximum Gasteiger partial charge on any atom is 0.267 e. The molecule has 0 spiro atoms. The summed E-state index contributed by atoms with van der Waals surface area (Å²) in [5.41, 5.74) is 3.16. The fourth-order valence-electron chi connectivity index (χ4n) is 4.37. The van der Waals surface area contributed by atoms with Gasteiger partial charge in [0.2, 0.25) is 0 Å². The van der Waals surface area contributed by atoms with E-state index in [2.05, 4.69) is 0 Å². The minimum Gasteiger partial charge on any atom is -0.486 e. The van der Waals surface area contributed by atoms with Crippen LogP contribution >= 0.6 is 0 Å². The lowest BCUT2D eigenvalue weighted by Crippen LogP contribution is -2.41. The Hall–Kier alpha value is -3.61. The highest BCUT2D eigenvalue weighted by molar-refractivity contribution is 5.95. The van der Waals surface area contributed by atoms with Crippen molar-refractivity contribution in [1.82, 2.24) is 14.7 Å². The molecule has 0 aliphatic carbocycles. The topological polar surface area (TPSA) is 73.7 Å². The first-order chi connectivity index (χ1) is 15.6. The van der Waals surface area contributed by atoms with Crippen LogP contribution in [0.3, 0.4) is 0 Å². The highest BCUT2D eigenvalue weighted by Gasteiger charge is 2.27. The van der Waals surface area contributed by atoms with Gasteiger partial charge in [0.05, 0.1) is 11.7 Å². The number of carbonyl (C=O) groups is 1. The molecule has 0 atom stereocenters. The molecule has 1 amide bonds. The maximum atomic E-state index is 13.0. The van der Waals surface area contributed by atoms with E-state index >= 15 is 0 Å². The number of benzene rings is 2. The van der Waals surface area contributed by atoms with Crippen molar-refractivity contribution in [2.45, 2.75) is 25.8 Å². The fraction of sp³-hybridized carbons (Fsp3) is 0.320. The third kappa shape index (κ3) is 3.86. The quantitative estimate of drug-likeness (QED) is 0.635. The molecule has 7 heteroatoms. The first-order valence-electron chi connectivity index (χ1n) is 10.9. The van der Waals surface area contributed by atoms with Crippen LogP contribution in [0.1, 0.15) is 34.8 Å². The molecule has 164 valence electrons. The number of hydrogen-bond acceptors (Lipinski definition) is 5. The Morgan fingerprint density at radius 2 is 1.69 bits per heavy atom. The van der Waals surface area contributed by atoms with Gasteiger partial charge in [0.25, 0.3) is 11.5 Å². The van der Waals surface area contributed by atoms with E-state index in [1.54, 1.807) is 28.9 Å². The second kappa shape index (κ2) is 8.49. The summed E-state index contributed by atoms with van der Waals surface area (Å²) < 4.78 is 12.7. The zero-order chi connectivity index (χ0) is 22.1. The van der Waals surface area contributed by atoms with Gasteiger partial charge in [0.15, 0.2) is 11.5 Å². The smallest absolute Gasteiger partial charge is 0.267 e. The van der Waals surface area contributed by atoms with Crippen LogP contribution < -0.4 is 15.0 Å². The molecular weight excluding hydrogens is 406 g/mol. The number of likely N-dealkylation sites (tertiary alicyclic amines) is 1. The molecule has 5 rings (SSSR count). The van der Waals surface area contributed by atoms with Gasteiger partial charge in [0, 0.05) is 30.3 Å². The van der Waals surface area contributed by atoms with Gasteiger partial charge >= 0.3 is 0 Å². The standard InChI is InChI=1S/C25H25N3O4/c1-17-15-23(29)28(26-24(17)18-5-3-2-4-6-18)20-9-11-27(12-10-20)25(30)19-7-8-21-22(16-19)32-14-13-31-21/h2-8,15-16,20H,9-14H2,1H3. The molecule has 2 aromatic carbocycles. The minimum absolute atomic E-state index is 0.0325. The molecule has 1 aromatic heterocycles. The molecule has 2 aliphatic heterocycles. The number of rotatable bonds is 3. The van der Waals surface area contributed by atoms with Crippen molar-refractivity contribution in [1.29, 1.82) is 0 Å². The molecule has 0 radical (unpaired) electrons. The van der Waals surface area contributed by atoms with Crippen LogP contribution in [0.4, 0.5) is 0 Å². The van der Waals surface area contributed by atoms with Gasteiger partial charge in [-0.1, -0.05) is 30.3 Å². The van der Waals surface area contributed by atoms with Crippen LogP contribution in [-0.4, -0.2) is 46.9 Å². The third-order valence-electron chi connectivity index (χ3n) is 6.08. The normalized spacial score (nSPS) is 16.1. The first-order valence-corrected chi connectivity index (χ1v) is 10.9. The lowest BCUT2D eigenvalue weighted by atomic mass is 10.0. The summed E-state index contributed by atoms with van der Waals surface area (Å²) in [7, 11) is 0. The van der Waals surface area contributed by atoms with Crippen LogP contribution in [-0.2, 0) is 0 Å². The summed E-state index contributed by atoms with van der Waals surface area (Å²) in [5.74, 6) is 1.25. The number of aryl methyl sites for hydroxylation is 1. The van der Waals surface area contributed by atoms with Gasteiger partial charge in [-0.3, -0.25) is 9.59 Å². The van der Waals surface area contributed by atoms with E-state index in [1.165, 1.54) is 0 Å². The molecule has 2 aliphatic rings. The Bertz CT molecular complexity index is 1200. The van der Waals surface area contributed by atoms with Crippen LogP contribution in [0.25, 0.3) is 11.3 Å². The molecule has 0 unspecified atom stereocenters. The number of amides is 1. The number of ether oxygens (including phenoxy) is 2. The summed E-state index contributed by atoms with van der Waals surface area (Å²) in [5, 5.41) is 4.71. The Labute approximate surface area is 186 Å². The SMILES string of the molecule is Cc1cc(=O)n(C2CCN(C(=O)c3ccc4c(c3)OCCO4)CC2)nc1-c1ccccc1. The number of fused-ring (bicyclic) bond motifs is 1. The lowest BCUT2D eigenvalue weighted by Gasteiger charge is -2.32. The predicted octanol–water partition coefficient (Wildman–Crippen LogP) is 3.47.